The monoisotopic (exact) mass is 468 g/mol. The van der Waals surface area contributed by atoms with Crippen LogP contribution >= 0.6 is 0 Å². The van der Waals surface area contributed by atoms with Gasteiger partial charge in [-0.3, -0.25) is 9.59 Å². The summed E-state index contributed by atoms with van der Waals surface area (Å²) < 4.78 is 16.0. The van der Waals surface area contributed by atoms with E-state index in [1.54, 1.807) is 43.5 Å². The van der Waals surface area contributed by atoms with Gasteiger partial charge < -0.3 is 29.1 Å². The lowest BCUT2D eigenvalue weighted by Gasteiger charge is -2.26. The van der Waals surface area contributed by atoms with E-state index < -0.39 is 17.7 Å². The number of nitrogens with zero attached hydrogens (tertiary/aromatic N) is 2. The lowest BCUT2D eigenvalue weighted by atomic mass is 9.93. The Morgan fingerprint density at radius 3 is 2.29 bits per heavy atom. The fourth-order valence-electron chi connectivity index (χ4n) is 4.21. The fourth-order valence-corrected chi connectivity index (χ4v) is 4.21. The van der Waals surface area contributed by atoms with Crippen molar-refractivity contribution < 1.29 is 28.9 Å². The first kappa shape index (κ1) is 25.1. The van der Waals surface area contributed by atoms with Gasteiger partial charge >= 0.3 is 0 Å². The molecule has 1 heterocycles. The van der Waals surface area contributed by atoms with Crippen molar-refractivity contribution in [3.05, 3.63) is 58.7 Å². The van der Waals surface area contributed by atoms with Crippen LogP contribution in [0.3, 0.4) is 0 Å². The van der Waals surface area contributed by atoms with E-state index in [1.165, 1.54) is 19.1 Å². The predicted octanol–water partition coefficient (Wildman–Crippen LogP) is 3.39. The fraction of sp³-hybridized carbons (Fsp3) is 0.385. The van der Waals surface area contributed by atoms with E-state index in [2.05, 4.69) is 0 Å². The third kappa shape index (κ3) is 4.87. The second kappa shape index (κ2) is 10.6. The maximum absolute atomic E-state index is 13.2. The molecule has 0 aliphatic carbocycles. The van der Waals surface area contributed by atoms with Gasteiger partial charge in [-0.25, -0.2) is 0 Å². The third-order valence-corrected chi connectivity index (χ3v) is 5.96. The van der Waals surface area contributed by atoms with Crippen molar-refractivity contribution in [1.82, 2.24) is 9.80 Å². The first-order valence-corrected chi connectivity index (χ1v) is 11.0. The predicted molar refractivity (Wildman–Crippen MR) is 129 cm³/mol. The van der Waals surface area contributed by atoms with Gasteiger partial charge in [-0.15, -0.1) is 0 Å². The summed E-state index contributed by atoms with van der Waals surface area (Å²) in [6.07, 6.45) is 0.672. The van der Waals surface area contributed by atoms with Crippen LogP contribution in [-0.2, 0) is 9.59 Å². The molecule has 2 aromatic rings. The molecule has 0 bridgehead atoms. The molecular formula is C26H32N2O6. The normalized spacial score (nSPS) is 17.4. The second-order valence-corrected chi connectivity index (χ2v) is 8.44. The van der Waals surface area contributed by atoms with Gasteiger partial charge in [0.15, 0.2) is 11.5 Å². The largest absolute Gasteiger partial charge is 0.507 e. The molecule has 1 aliphatic heterocycles. The number of rotatable bonds is 9. The Balaban J connectivity index is 2.17. The van der Waals surface area contributed by atoms with Crippen molar-refractivity contribution in [2.45, 2.75) is 19.4 Å². The van der Waals surface area contributed by atoms with Gasteiger partial charge in [0.05, 0.1) is 32.9 Å². The number of likely N-dealkylation sites (tertiary alicyclic amines) is 1. The molecule has 0 aromatic heterocycles. The molecule has 34 heavy (non-hydrogen) atoms. The molecule has 1 fully saturated rings. The number of carbonyl (C=O) groups is 2. The second-order valence-electron chi connectivity index (χ2n) is 8.44. The van der Waals surface area contributed by atoms with Crippen LogP contribution in [-0.4, -0.2) is 75.1 Å². The van der Waals surface area contributed by atoms with Crippen LogP contribution in [0.4, 0.5) is 0 Å². The van der Waals surface area contributed by atoms with Crippen molar-refractivity contribution in [2.24, 2.45) is 0 Å². The SMILES string of the molecule is COc1ccc(C(O)=C2C(=O)C(=O)N(CCCN(C)C)C2c2ccc(OC)c(OC)c2)c(C)c1. The number of methoxy groups -OCH3 is 3. The van der Waals surface area contributed by atoms with Crippen LogP contribution in [0, 0.1) is 6.92 Å². The standard InChI is InChI=1S/C26H32N2O6/c1-16-14-18(32-4)9-10-19(16)24(29)22-23(17-8-11-20(33-5)21(15-17)34-6)28(26(31)25(22)30)13-7-12-27(2)3/h8-11,14-15,23,29H,7,12-13H2,1-6H3. The first-order valence-electron chi connectivity index (χ1n) is 11.0. The summed E-state index contributed by atoms with van der Waals surface area (Å²) in [5.74, 6) is 0.0768. The van der Waals surface area contributed by atoms with E-state index in [1.807, 2.05) is 25.9 Å². The highest BCUT2D eigenvalue weighted by molar-refractivity contribution is 6.46. The number of aliphatic hydroxyl groups excluding tert-OH is 1. The first-order chi connectivity index (χ1) is 16.2. The summed E-state index contributed by atoms with van der Waals surface area (Å²) >= 11 is 0. The summed E-state index contributed by atoms with van der Waals surface area (Å²) in [6.45, 7) is 2.93. The zero-order valence-corrected chi connectivity index (χ0v) is 20.5. The Hall–Kier alpha value is -3.52. The van der Waals surface area contributed by atoms with Gasteiger partial charge in [-0.2, -0.15) is 0 Å². The Labute approximate surface area is 200 Å². The molecule has 1 saturated heterocycles. The van der Waals surface area contributed by atoms with Gasteiger partial charge in [-0.1, -0.05) is 6.07 Å². The smallest absolute Gasteiger partial charge is 0.295 e. The molecule has 8 heteroatoms. The zero-order valence-electron chi connectivity index (χ0n) is 20.5. The van der Waals surface area contributed by atoms with Crippen LogP contribution in [0.5, 0.6) is 17.2 Å². The average molecular weight is 469 g/mol. The molecule has 2 aromatic carbocycles. The van der Waals surface area contributed by atoms with E-state index in [4.69, 9.17) is 14.2 Å². The van der Waals surface area contributed by atoms with Gasteiger partial charge in [0.1, 0.15) is 11.5 Å². The molecule has 1 aliphatic rings. The highest BCUT2D eigenvalue weighted by Gasteiger charge is 2.46. The lowest BCUT2D eigenvalue weighted by molar-refractivity contribution is -0.139. The van der Waals surface area contributed by atoms with E-state index in [9.17, 15) is 14.7 Å². The number of hydrogen-bond acceptors (Lipinski definition) is 7. The number of Topliss-reactive ketones (excluding diaryl/α,β-unsaturated/α-hetero) is 1. The van der Waals surface area contributed by atoms with E-state index >= 15 is 0 Å². The Kier molecular flexibility index (Phi) is 7.83. The summed E-state index contributed by atoms with van der Waals surface area (Å²) in [6, 6.07) is 9.66. The Morgan fingerprint density at radius 2 is 1.71 bits per heavy atom. The Morgan fingerprint density at radius 1 is 1.00 bits per heavy atom. The van der Waals surface area contributed by atoms with Crippen LogP contribution in [0.1, 0.15) is 29.2 Å². The van der Waals surface area contributed by atoms with Crippen molar-refractivity contribution in [3.8, 4) is 17.2 Å². The average Bonchev–Trinajstić information content (AvgIpc) is 3.07. The van der Waals surface area contributed by atoms with Crippen molar-refractivity contribution in [2.75, 3.05) is 48.5 Å². The highest BCUT2D eigenvalue weighted by Crippen LogP contribution is 2.42. The summed E-state index contributed by atoms with van der Waals surface area (Å²) in [7, 11) is 8.52. The van der Waals surface area contributed by atoms with Gasteiger partial charge in [0.25, 0.3) is 11.7 Å². The Bertz CT molecular complexity index is 1110. The van der Waals surface area contributed by atoms with E-state index in [0.29, 0.717) is 41.3 Å². The topological polar surface area (TPSA) is 88.5 Å². The maximum atomic E-state index is 13.2. The summed E-state index contributed by atoms with van der Waals surface area (Å²) in [5.41, 5.74) is 1.89. The van der Waals surface area contributed by atoms with Gasteiger partial charge in [0, 0.05) is 12.1 Å². The van der Waals surface area contributed by atoms with Crippen molar-refractivity contribution >= 4 is 17.4 Å². The highest BCUT2D eigenvalue weighted by atomic mass is 16.5. The number of aryl methyl sites for hydroxylation is 1. The molecule has 1 unspecified atom stereocenters. The minimum absolute atomic E-state index is 0.0512. The maximum Gasteiger partial charge on any atom is 0.295 e. The molecule has 182 valence electrons. The molecule has 3 rings (SSSR count). The lowest BCUT2D eigenvalue weighted by Crippen LogP contribution is -2.32. The van der Waals surface area contributed by atoms with Crippen molar-refractivity contribution in [3.63, 3.8) is 0 Å². The van der Waals surface area contributed by atoms with Crippen LogP contribution in [0.2, 0.25) is 0 Å². The number of ketones is 1. The number of amides is 1. The number of aliphatic hydroxyl groups is 1. The molecule has 1 atom stereocenters. The van der Waals surface area contributed by atoms with Crippen LogP contribution < -0.4 is 14.2 Å². The molecule has 0 radical (unpaired) electrons. The number of benzene rings is 2. The molecule has 1 N–H and O–H groups in total. The molecule has 0 spiro atoms. The summed E-state index contributed by atoms with van der Waals surface area (Å²) in [5, 5.41) is 11.3. The van der Waals surface area contributed by atoms with Gasteiger partial charge in [0.2, 0.25) is 0 Å². The minimum Gasteiger partial charge on any atom is -0.507 e. The molecular weight excluding hydrogens is 436 g/mol. The number of ether oxygens (including phenoxy) is 3. The van der Waals surface area contributed by atoms with Crippen molar-refractivity contribution in [1.29, 1.82) is 0 Å². The number of hydrogen-bond donors (Lipinski definition) is 1. The third-order valence-electron chi connectivity index (χ3n) is 5.96. The quantitative estimate of drug-likeness (QED) is 0.343. The minimum atomic E-state index is -0.761. The van der Waals surface area contributed by atoms with E-state index in [0.717, 1.165) is 12.1 Å². The number of carbonyl (C=O) groups excluding carboxylic acids is 2. The zero-order chi connectivity index (χ0) is 25.0. The summed E-state index contributed by atoms with van der Waals surface area (Å²) in [4.78, 5) is 29.9. The van der Waals surface area contributed by atoms with Crippen LogP contribution in [0.25, 0.3) is 5.76 Å². The van der Waals surface area contributed by atoms with Crippen LogP contribution in [0.15, 0.2) is 42.0 Å². The van der Waals surface area contributed by atoms with Gasteiger partial charge in [-0.05, 0) is 75.4 Å². The molecule has 1 amide bonds. The molecule has 0 saturated carbocycles. The van der Waals surface area contributed by atoms with E-state index in [-0.39, 0.29) is 11.3 Å². The molecule has 8 nitrogen and oxygen atoms in total.